The number of carbonyl (C=O) groups excluding carboxylic acids is 1. The van der Waals surface area contributed by atoms with Gasteiger partial charge in [0.15, 0.2) is 0 Å². The number of hydrogen-bond acceptors (Lipinski definition) is 3. The summed E-state index contributed by atoms with van der Waals surface area (Å²) in [5, 5.41) is 11.4. The molecule has 0 heterocycles. The second-order valence-corrected chi connectivity index (χ2v) is 5.77. The molecule has 0 aliphatic carbocycles. The molecular formula is C18H15FN2OS. The Morgan fingerprint density at radius 3 is 2.87 bits per heavy atom. The van der Waals surface area contributed by atoms with E-state index in [-0.39, 0.29) is 11.7 Å². The number of nitriles is 1. The molecule has 2 aromatic rings. The number of halogens is 1. The van der Waals surface area contributed by atoms with E-state index in [4.69, 9.17) is 5.26 Å². The molecule has 0 saturated heterocycles. The van der Waals surface area contributed by atoms with Gasteiger partial charge in [0.05, 0.1) is 11.8 Å². The standard InChI is InChI=1S/C18H15FN2OS/c19-15-6-3-5-14(13-15)9-10-18(22)21-16-7-1-2-8-17(16)23-12-4-11-20/h1-3,5-10,13H,4,12H2,(H,21,22). The summed E-state index contributed by atoms with van der Waals surface area (Å²) in [4.78, 5) is 12.9. The molecule has 5 heteroatoms. The second-order valence-electron chi connectivity index (χ2n) is 4.63. The van der Waals surface area contributed by atoms with Crippen molar-refractivity contribution in [2.75, 3.05) is 11.1 Å². The minimum atomic E-state index is -0.341. The molecule has 0 atom stereocenters. The number of thioether (sulfide) groups is 1. The number of carbonyl (C=O) groups is 1. The lowest BCUT2D eigenvalue weighted by atomic mass is 10.2. The zero-order valence-electron chi connectivity index (χ0n) is 12.3. The van der Waals surface area contributed by atoms with Gasteiger partial charge in [-0.2, -0.15) is 5.26 Å². The maximum Gasteiger partial charge on any atom is 0.248 e. The first-order valence-electron chi connectivity index (χ1n) is 7.02. The van der Waals surface area contributed by atoms with Gasteiger partial charge in [-0.15, -0.1) is 11.8 Å². The topological polar surface area (TPSA) is 52.9 Å². The Hall–Kier alpha value is -2.58. The quantitative estimate of drug-likeness (QED) is 0.483. The second kappa shape index (κ2) is 8.76. The molecular weight excluding hydrogens is 311 g/mol. The van der Waals surface area contributed by atoms with Crippen molar-refractivity contribution in [3.8, 4) is 6.07 Å². The number of para-hydroxylation sites is 1. The molecule has 0 fully saturated rings. The normalized spacial score (nSPS) is 10.4. The zero-order valence-corrected chi connectivity index (χ0v) is 13.1. The van der Waals surface area contributed by atoms with Crippen molar-refractivity contribution in [1.29, 1.82) is 5.26 Å². The van der Waals surface area contributed by atoms with Gasteiger partial charge in [-0.1, -0.05) is 24.3 Å². The Morgan fingerprint density at radius 1 is 1.26 bits per heavy atom. The number of nitrogens with one attached hydrogen (secondary N) is 1. The maximum absolute atomic E-state index is 13.1. The molecule has 0 radical (unpaired) electrons. The van der Waals surface area contributed by atoms with Crippen LogP contribution in [0.25, 0.3) is 6.08 Å². The van der Waals surface area contributed by atoms with E-state index in [1.54, 1.807) is 18.2 Å². The summed E-state index contributed by atoms with van der Waals surface area (Å²) in [5.74, 6) is 0.0390. The fraction of sp³-hybridized carbons (Fsp3) is 0.111. The van der Waals surface area contributed by atoms with Crippen LogP contribution in [0.4, 0.5) is 10.1 Å². The summed E-state index contributed by atoms with van der Waals surface area (Å²) < 4.78 is 13.1. The molecule has 1 amide bonds. The predicted molar refractivity (Wildman–Crippen MR) is 91.5 cm³/mol. The molecule has 0 unspecified atom stereocenters. The largest absolute Gasteiger partial charge is 0.321 e. The number of amides is 1. The molecule has 3 nitrogen and oxygen atoms in total. The summed E-state index contributed by atoms with van der Waals surface area (Å²) in [6, 6.07) is 15.5. The number of hydrogen-bond donors (Lipinski definition) is 1. The van der Waals surface area contributed by atoms with Crippen molar-refractivity contribution < 1.29 is 9.18 Å². The minimum Gasteiger partial charge on any atom is -0.321 e. The fourth-order valence-electron chi connectivity index (χ4n) is 1.86. The van der Waals surface area contributed by atoms with E-state index in [0.717, 1.165) is 4.90 Å². The first kappa shape index (κ1) is 16.8. The lowest BCUT2D eigenvalue weighted by molar-refractivity contribution is -0.111. The summed E-state index contributed by atoms with van der Waals surface area (Å²) in [7, 11) is 0. The van der Waals surface area contributed by atoms with Gasteiger partial charge in [0.2, 0.25) is 5.91 Å². The third-order valence-electron chi connectivity index (χ3n) is 2.89. The van der Waals surface area contributed by atoms with Crippen LogP contribution < -0.4 is 5.32 Å². The first-order valence-corrected chi connectivity index (χ1v) is 8.01. The summed E-state index contributed by atoms with van der Waals surface area (Å²) in [6.45, 7) is 0. The monoisotopic (exact) mass is 326 g/mol. The van der Waals surface area contributed by atoms with Crippen LogP contribution in [0.1, 0.15) is 12.0 Å². The van der Waals surface area contributed by atoms with Crippen molar-refractivity contribution in [3.05, 3.63) is 66.0 Å². The van der Waals surface area contributed by atoms with Gasteiger partial charge in [0, 0.05) is 23.1 Å². The highest BCUT2D eigenvalue weighted by Crippen LogP contribution is 2.27. The van der Waals surface area contributed by atoms with E-state index in [1.807, 2.05) is 24.3 Å². The molecule has 0 spiro atoms. The van der Waals surface area contributed by atoms with Gasteiger partial charge in [-0.25, -0.2) is 4.39 Å². The van der Waals surface area contributed by atoms with Gasteiger partial charge in [0.1, 0.15) is 5.82 Å². The predicted octanol–water partition coefficient (Wildman–Crippen LogP) is 4.48. The van der Waals surface area contributed by atoms with Crippen molar-refractivity contribution in [3.63, 3.8) is 0 Å². The highest BCUT2D eigenvalue weighted by molar-refractivity contribution is 7.99. The Kier molecular flexibility index (Phi) is 6.40. The highest BCUT2D eigenvalue weighted by atomic mass is 32.2. The van der Waals surface area contributed by atoms with E-state index in [2.05, 4.69) is 11.4 Å². The van der Waals surface area contributed by atoms with Crippen LogP contribution in [-0.2, 0) is 4.79 Å². The maximum atomic E-state index is 13.1. The molecule has 0 aliphatic heterocycles. The SMILES string of the molecule is N#CCCSc1ccccc1NC(=O)C=Cc1cccc(F)c1. The van der Waals surface area contributed by atoms with Gasteiger partial charge in [0.25, 0.3) is 0 Å². The molecule has 2 aromatic carbocycles. The van der Waals surface area contributed by atoms with Crippen molar-refractivity contribution in [2.24, 2.45) is 0 Å². The number of nitrogens with zero attached hydrogens (tertiary/aromatic N) is 1. The fourth-order valence-corrected chi connectivity index (χ4v) is 2.72. The molecule has 116 valence electrons. The van der Waals surface area contributed by atoms with Gasteiger partial charge < -0.3 is 5.32 Å². The van der Waals surface area contributed by atoms with Crippen molar-refractivity contribution in [2.45, 2.75) is 11.3 Å². The van der Waals surface area contributed by atoms with Crippen LogP contribution >= 0.6 is 11.8 Å². The molecule has 0 bridgehead atoms. The van der Waals surface area contributed by atoms with Gasteiger partial charge in [-0.3, -0.25) is 4.79 Å². The molecule has 23 heavy (non-hydrogen) atoms. The molecule has 0 saturated carbocycles. The van der Waals surface area contributed by atoms with E-state index < -0.39 is 0 Å². The summed E-state index contributed by atoms with van der Waals surface area (Å²) in [5.41, 5.74) is 1.32. The van der Waals surface area contributed by atoms with Crippen LogP contribution in [0.5, 0.6) is 0 Å². The lowest BCUT2D eigenvalue weighted by Crippen LogP contribution is -2.08. The average Bonchev–Trinajstić information content (AvgIpc) is 2.55. The molecule has 0 aliphatic rings. The molecule has 1 N–H and O–H groups in total. The smallest absolute Gasteiger partial charge is 0.248 e. The Morgan fingerprint density at radius 2 is 2.09 bits per heavy atom. The Balaban J connectivity index is 2.01. The van der Waals surface area contributed by atoms with Crippen LogP contribution in [0.15, 0.2) is 59.5 Å². The third kappa shape index (κ3) is 5.61. The molecule has 0 aromatic heterocycles. The highest BCUT2D eigenvalue weighted by Gasteiger charge is 2.04. The van der Waals surface area contributed by atoms with Gasteiger partial charge in [-0.05, 0) is 35.9 Å². The Bertz CT molecular complexity index is 753. The number of rotatable bonds is 6. The van der Waals surface area contributed by atoms with Crippen LogP contribution in [0.3, 0.4) is 0 Å². The van der Waals surface area contributed by atoms with E-state index in [9.17, 15) is 9.18 Å². The van der Waals surface area contributed by atoms with E-state index >= 15 is 0 Å². The van der Waals surface area contributed by atoms with Crippen LogP contribution in [0.2, 0.25) is 0 Å². The third-order valence-corrected chi connectivity index (χ3v) is 3.97. The van der Waals surface area contributed by atoms with Gasteiger partial charge >= 0.3 is 0 Å². The number of anilines is 1. The lowest BCUT2D eigenvalue weighted by Gasteiger charge is -2.08. The van der Waals surface area contributed by atoms with E-state index in [0.29, 0.717) is 23.4 Å². The van der Waals surface area contributed by atoms with E-state index in [1.165, 1.54) is 30.0 Å². The zero-order chi connectivity index (χ0) is 16.5. The number of benzene rings is 2. The van der Waals surface area contributed by atoms with Crippen molar-refractivity contribution >= 4 is 29.4 Å². The summed E-state index contributed by atoms with van der Waals surface area (Å²) in [6.07, 6.45) is 3.38. The first-order chi connectivity index (χ1) is 11.2. The van der Waals surface area contributed by atoms with Crippen molar-refractivity contribution in [1.82, 2.24) is 0 Å². The van der Waals surface area contributed by atoms with Crippen LogP contribution in [0, 0.1) is 17.1 Å². The Labute approximate surface area is 138 Å². The average molecular weight is 326 g/mol. The van der Waals surface area contributed by atoms with Crippen LogP contribution in [-0.4, -0.2) is 11.7 Å². The minimum absolute atomic E-state index is 0.289. The molecule has 2 rings (SSSR count). The summed E-state index contributed by atoms with van der Waals surface area (Å²) >= 11 is 1.52.